The molecule has 1 atom stereocenters. The average Bonchev–Trinajstić information content (AvgIpc) is 2.70. The van der Waals surface area contributed by atoms with E-state index in [0.717, 1.165) is 0 Å². The van der Waals surface area contributed by atoms with Crippen LogP contribution in [-0.2, 0) is 5.92 Å². The predicted octanol–water partition coefficient (Wildman–Crippen LogP) is 3.93. The molecule has 1 aromatic carbocycles. The van der Waals surface area contributed by atoms with Gasteiger partial charge in [-0.25, -0.2) is 8.78 Å². The number of nitrogens with one attached hydrogen (secondary N) is 1. The van der Waals surface area contributed by atoms with E-state index in [1.165, 1.54) is 12.3 Å². The number of carbonyl (C=O) groups is 1. The van der Waals surface area contributed by atoms with E-state index in [4.69, 9.17) is 0 Å². The fourth-order valence-electron chi connectivity index (χ4n) is 2.78. The van der Waals surface area contributed by atoms with Crippen LogP contribution in [0.15, 0.2) is 42.7 Å². The molecule has 2 aromatic rings. The number of hydrogen-bond donors (Lipinski definition) is 1. The standard InChI is InChI=1S/C16H14F2N2O/c1-10-8-16(17,18)14-12(10)5-2-6-13(14)20-15(21)11-4-3-7-19-9-11/h2-7,9-10H,8H2,1H3,(H,20,21). The maximum atomic E-state index is 14.1. The molecule has 1 aromatic heterocycles. The number of pyridine rings is 1. The fourth-order valence-corrected chi connectivity index (χ4v) is 2.78. The molecule has 1 amide bonds. The molecular formula is C16H14F2N2O. The summed E-state index contributed by atoms with van der Waals surface area (Å²) < 4.78 is 28.3. The van der Waals surface area contributed by atoms with Crippen molar-refractivity contribution in [3.8, 4) is 0 Å². The molecule has 1 unspecified atom stereocenters. The van der Waals surface area contributed by atoms with Gasteiger partial charge in [-0.2, -0.15) is 0 Å². The summed E-state index contributed by atoms with van der Waals surface area (Å²) in [6.07, 6.45) is 2.73. The van der Waals surface area contributed by atoms with Gasteiger partial charge < -0.3 is 5.32 Å². The van der Waals surface area contributed by atoms with Gasteiger partial charge in [-0.05, 0) is 29.7 Å². The smallest absolute Gasteiger partial charge is 0.276 e. The Morgan fingerprint density at radius 3 is 2.86 bits per heavy atom. The molecule has 3 nitrogen and oxygen atoms in total. The van der Waals surface area contributed by atoms with Gasteiger partial charge in [0.2, 0.25) is 0 Å². The van der Waals surface area contributed by atoms with Crippen molar-refractivity contribution in [2.45, 2.75) is 25.2 Å². The predicted molar refractivity (Wildman–Crippen MR) is 75.6 cm³/mol. The van der Waals surface area contributed by atoms with E-state index >= 15 is 0 Å². The van der Waals surface area contributed by atoms with Crippen LogP contribution in [0.5, 0.6) is 0 Å². The van der Waals surface area contributed by atoms with Crippen LogP contribution in [0.25, 0.3) is 0 Å². The molecule has 0 saturated heterocycles. The molecule has 1 aliphatic rings. The minimum atomic E-state index is -2.91. The van der Waals surface area contributed by atoms with Crippen molar-refractivity contribution >= 4 is 11.6 Å². The topological polar surface area (TPSA) is 42.0 Å². The number of alkyl halides is 2. The number of anilines is 1. The lowest BCUT2D eigenvalue weighted by Crippen LogP contribution is -2.17. The number of rotatable bonds is 2. The summed E-state index contributed by atoms with van der Waals surface area (Å²) in [5.41, 5.74) is 1.05. The Bertz CT molecular complexity index is 686. The lowest BCUT2D eigenvalue weighted by molar-refractivity contribution is -0.00507. The average molecular weight is 288 g/mol. The number of carbonyl (C=O) groups excluding carboxylic acids is 1. The highest BCUT2D eigenvalue weighted by atomic mass is 19.3. The van der Waals surface area contributed by atoms with Crippen LogP contribution >= 0.6 is 0 Å². The number of benzene rings is 1. The second-order valence-electron chi connectivity index (χ2n) is 5.28. The Morgan fingerprint density at radius 2 is 2.14 bits per heavy atom. The van der Waals surface area contributed by atoms with E-state index in [1.54, 1.807) is 37.4 Å². The SMILES string of the molecule is CC1CC(F)(F)c2c(NC(=O)c3cccnc3)cccc21. The summed E-state index contributed by atoms with van der Waals surface area (Å²) in [7, 11) is 0. The summed E-state index contributed by atoms with van der Waals surface area (Å²) >= 11 is 0. The number of aromatic nitrogens is 1. The minimum Gasteiger partial charge on any atom is -0.321 e. The normalized spacial score (nSPS) is 19.1. The summed E-state index contributed by atoms with van der Waals surface area (Å²) in [5.74, 6) is -3.56. The number of nitrogens with zero attached hydrogens (tertiary/aromatic N) is 1. The van der Waals surface area contributed by atoms with Crippen LogP contribution in [0.4, 0.5) is 14.5 Å². The number of hydrogen-bond acceptors (Lipinski definition) is 2. The zero-order chi connectivity index (χ0) is 15.0. The third-order valence-electron chi connectivity index (χ3n) is 3.73. The second-order valence-corrected chi connectivity index (χ2v) is 5.28. The first-order valence-electron chi connectivity index (χ1n) is 6.71. The van der Waals surface area contributed by atoms with E-state index in [0.29, 0.717) is 11.1 Å². The molecule has 1 N–H and O–H groups in total. The third-order valence-corrected chi connectivity index (χ3v) is 3.73. The fraction of sp³-hybridized carbons (Fsp3) is 0.250. The van der Waals surface area contributed by atoms with Gasteiger partial charge in [-0.1, -0.05) is 19.1 Å². The highest BCUT2D eigenvalue weighted by Gasteiger charge is 2.45. The van der Waals surface area contributed by atoms with Gasteiger partial charge in [0.05, 0.1) is 11.3 Å². The van der Waals surface area contributed by atoms with E-state index in [1.807, 2.05) is 0 Å². The van der Waals surface area contributed by atoms with Crippen molar-refractivity contribution < 1.29 is 13.6 Å². The van der Waals surface area contributed by atoms with Gasteiger partial charge in [0, 0.05) is 24.4 Å². The number of halogens is 2. The molecule has 0 spiro atoms. The molecule has 0 saturated carbocycles. The summed E-state index contributed by atoms with van der Waals surface area (Å²) in [6.45, 7) is 1.77. The van der Waals surface area contributed by atoms with Crippen molar-refractivity contribution in [2.75, 3.05) is 5.32 Å². The van der Waals surface area contributed by atoms with E-state index in [9.17, 15) is 13.6 Å². The molecule has 5 heteroatoms. The van der Waals surface area contributed by atoms with E-state index in [-0.39, 0.29) is 23.6 Å². The summed E-state index contributed by atoms with van der Waals surface area (Å²) in [5, 5.41) is 2.58. The zero-order valence-electron chi connectivity index (χ0n) is 11.4. The molecule has 108 valence electrons. The number of fused-ring (bicyclic) bond motifs is 1. The minimum absolute atomic E-state index is 0.0604. The third kappa shape index (κ3) is 2.39. The van der Waals surface area contributed by atoms with Crippen molar-refractivity contribution in [3.05, 3.63) is 59.4 Å². The van der Waals surface area contributed by atoms with Crippen molar-refractivity contribution in [1.82, 2.24) is 4.98 Å². The van der Waals surface area contributed by atoms with Gasteiger partial charge in [0.1, 0.15) is 0 Å². The molecule has 0 aliphatic heterocycles. The van der Waals surface area contributed by atoms with E-state index < -0.39 is 11.8 Å². The Morgan fingerprint density at radius 1 is 1.33 bits per heavy atom. The largest absolute Gasteiger partial charge is 0.321 e. The van der Waals surface area contributed by atoms with Crippen LogP contribution in [0.3, 0.4) is 0 Å². The van der Waals surface area contributed by atoms with Crippen molar-refractivity contribution in [1.29, 1.82) is 0 Å². The Balaban J connectivity index is 1.97. The lowest BCUT2D eigenvalue weighted by Gasteiger charge is -2.15. The van der Waals surface area contributed by atoms with Gasteiger partial charge in [0.15, 0.2) is 0 Å². The summed E-state index contributed by atoms with van der Waals surface area (Å²) in [4.78, 5) is 16.0. The Labute approximate surface area is 121 Å². The first kappa shape index (κ1) is 13.7. The monoisotopic (exact) mass is 288 g/mol. The quantitative estimate of drug-likeness (QED) is 0.909. The first-order chi connectivity index (χ1) is 9.99. The lowest BCUT2D eigenvalue weighted by atomic mass is 10.0. The molecule has 1 heterocycles. The van der Waals surface area contributed by atoms with Crippen molar-refractivity contribution in [2.24, 2.45) is 0 Å². The second kappa shape index (κ2) is 4.91. The highest BCUT2D eigenvalue weighted by Crippen LogP contribution is 2.51. The molecule has 0 fully saturated rings. The Kier molecular flexibility index (Phi) is 3.20. The molecule has 0 radical (unpaired) electrons. The molecule has 0 bridgehead atoms. The zero-order valence-corrected chi connectivity index (χ0v) is 11.4. The van der Waals surface area contributed by atoms with Crippen molar-refractivity contribution in [3.63, 3.8) is 0 Å². The maximum Gasteiger partial charge on any atom is 0.276 e. The van der Waals surface area contributed by atoms with Gasteiger partial charge >= 0.3 is 0 Å². The van der Waals surface area contributed by atoms with Crippen LogP contribution in [0.1, 0.15) is 40.7 Å². The molecule has 1 aliphatic carbocycles. The summed E-state index contributed by atoms with van der Waals surface area (Å²) in [6, 6.07) is 8.11. The van der Waals surface area contributed by atoms with Crippen LogP contribution in [0, 0.1) is 0 Å². The maximum absolute atomic E-state index is 14.1. The van der Waals surface area contributed by atoms with Gasteiger partial charge in [-0.3, -0.25) is 9.78 Å². The molecule has 21 heavy (non-hydrogen) atoms. The first-order valence-corrected chi connectivity index (χ1v) is 6.71. The van der Waals surface area contributed by atoms with Gasteiger partial charge in [-0.15, -0.1) is 0 Å². The Hall–Kier alpha value is -2.30. The molecular weight excluding hydrogens is 274 g/mol. The van der Waals surface area contributed by atoms with Crippen LogP contribution in [-0.4, -0.2) is 10.9 Å². The highest BCUT2D eigenvalue weighted by molar-refractivity contribution is 6.04. The van der Waals surface area contributed by atoms with Gasteiger partial charge in [0.25, 0.3) is 11.8 Å². The van der Waals surface area contributed by atoms with Crippen LogP contribution < -0.4 is 5.32 Å². The van der Waals surface area contributed by atoms with Crippen LogP contribution in [0.2, 0.25) is 0 Å². The molecule has 3 rings (SSSR count). The van der Waals surface area contributed by atoms with E-state index in [2.05, 4.69) is 10.3 Å². The number of amides is 1.